The molecule has 4 saturated carbocycles. The lowest BCUT2D eigenvalue weighted by molar-refractivity contribution is -0.167. The van der Waals surface area contributed by atoms with Crippen LogP contribution in [0.25, 0.3) is 0 Å². The molecule has 4 aliphatic rings. The zero-order chi connectivity index (χ0) is 9.92. The summed E-state index contributed by atoms with van der Waals surface area (Å²) in [4.78, 5) is 11.3. The van der Waals surface area contributed by atoms with Crippen LogP contribution in [0.15, 0.2) is 0 Å². The molecule has 14 heavy (non-hydrogen) atoms. The van der Waals surface area contributed by atoms with Crippen molar-refractivity contribution in [2.24, 2.45) is 29.1 Å². The minimum atomic E-state index is -0.531. The smallest absolute Gasteiger partial charge is 0.307 e. The Morgan fingerprint density at radius 1 is 1.21 bits per heavy atom. The Balaban J connectivity index is 1.97. The first-order valence-corrected chi connectivity index (χ1v) is 5.81. The largest absolute Gasteiger partial charge is 0.481 e. The van der Waals surface area contributed by atoms with Crippen LogP contribution in [0.1, 0.15) is 39.0 Å². The number of carboxylic acid groups (broad SMARTS) is 1. The molecule has 78 valence electrons. The zero-order valence-corrected chi connectivity index (χ0v) is 8.70. The second-order valence-electron chi connectivity index (χ2n) is 6.08. The lowest BCUT2D eigenvalue weighted by Gasteiger charge is -2.58. The molecule has 0 aromatic carbocycles. The summed E-state index contributed by atoms with van der Waals surface area (Å²) < 4.78 is 0. The molecule has 2 heteroatoms. The fourth-order valence-corrected chi connectivity index (χ4v) is 4.95. The molecule has 4 bridgehead atoms. The van der Waals surface area contributed by atoms with E-state index in [-0.39, 0.29) is 11.3 Å². The first-order valence-electron chi connectivity index (χ1n) is 5.81. The Hall–Kier alpha value is -0.530. The summed E-state index contributed by atoms with van der Waals surface area (Å²) in [5.74, 6) is 1.65. The van der Waals surface area contributed by atoms with Crippen LogP contribution in [0.4, 0.5) is 0 Å². The molecular formula is C12H18O2. The summed E-state index contributed by atoms with van der Waals surface area (Å²) in [6.07, 6.45) is 6.14. The molecule has 0 aromatic rings. The molecule has 0 aromatic heterocycles. The van der Waals surface area contributed by atoms with Gasteiger partial charge in [0.2, 0.25) is 0 Å². The van der Waals surface area contributed by atoms with E-state index in [1.54, 1.807) is 0 Å². The van der Waals surface area contributed by atoms with E-state index in [0.717, 1.165) is 11.8 Å². The molecule has 0 saturated heterocycles. The fourth-order valence-electron chi connectivity index (χ4n) is 4.95. The minimum absolute atomic E-state index is 0.0321. The summed E-state index contributed by atoms with van der Waals surface area (Å²) in [6.45, 7) is 2.22. The van der Waals surface area contributed by atoms with Crippen LogP contribution in [-0.4, -0.2) is 11.1 Å². The maximum Gasteiger partial charge on any atom is 0.307 e. The Bertz CT molecular complexity index is 270. The SMILES string of the molecule is CC12CC3CC(CC(C3)C1C(=O)O)C2. The van der Waals surface area contributed by atoms with Crippen LogP contribution >= 0.6 is 0 Å². The highest BCUT2D eigenvalue weighted by Gasteiger charge is 2.57. The monoisotopic (exact) mass is 194 g/mol. The first-order chi connectivity index (χ1) is 6.58. The maximum absolute atomic E-state index is 11.3. The summed E-state index contributed by atoms with van der Waals surface area (Å²) in [7, 11) is 0. The second kappa shape index (κ2) is 2.53. The van der Waals surface area contributed by atoms with Gasteiger partial charge in [0.25, 0.3) is 0 Å². The van der Waals surface area contributed by atoms with E-state index in [1.165, 1.54) is 32.1 Å². The van der Waals surface area contributed by atoms with Crippen LogP contribution < -0.4 is 0 Å². The van der Waals surface area contributed by atoms with Crippen LogP contribution in [0.2, 0.25) is 0 Å². The molecule has 0 heterocycles. The predicted molar refractivity (Wildman–Crippen MR) is 52.8 cm³/mol. The molecule has 0 aliphatic heterocycles. The number of rotatable bonds is 1. The fraction of sp³-hybridized carbons (Fsp3) is 0.917. The van der Waals surface area contributed by atoms with Gasteiger partial charge in [0.15, 0.2) is 0 Å². The molecular weight excluding hydrogens is 176 g/mol. The van der Waals surface area contributed by atoms with Crippen LogP contribution in [0, 0.1) is 29.1 Å². The summed E-state index contributed by atoms with van der Waals surface area (Å²) in [5.41, 5.74) is 0.139. The van der Waals surface area contributed by atoms with Gasteiger partial charge in [-0.05, 0) is 55.3 Å². The van der Waals surface area contributed by atoms with Crippen molar-refractivity contribution in [2.45, 2.75) is 39.0 Å². The van der Waals surface area contributed by atoms with Gasteiger partial charge in [-0.25, -0.2) is 0 Å². The van der Waals surface area contributed by atoms with Gasteiger partial charge in [-0.1, -0.05) is 6.92 Å². The Kier molecular flexibility index (Phi) is 1.58. The highest BCUT2D eigenvalue weighted by atomic mass is 16.4. The van der Waals surface area contributed by atoms with Gasteiger partial charge in [-0.3, -0.25) is 4.79 Å². The highest BCUT2D eigenvalue weighted by Crippen LogP contribution is 2.62. The molecule has 1 N–H and O–H groups in total. The van der Waals surface area contributed by atoms with E-state index in [0.29, 0.717) is 5.92 Å². The molecule has 4 rings (SSSR count). The van der Waals surface area contributed by atoms with Crippen molar-refractivity contribution >= 4 is 5.97 Å². The van der Waals surface area contributed by atoms with Crippen LogP contribution in [-0.2, 0) is 4.79 Å². The van der Waals surface area contributed by atoms with Gasteiger partial charge in [-0.2, -0.15) is 0 Å². The van der Waals surface area contributed by atoms with E-state index in [1.807, 2.05) is 0 Å². The summed E-state index contributed by atoms with van der Waals surface area (Å²) in [6, 6.07) is 0. The number of hydrogen-bond donors (Lipinski definition) is 1. The van der Waals surface area contributed by atoms with Crippen molar-refractivity contribution in [3.8, 4) is 0 Å². The molecule has 3 unspecified atom stereocenters. The normalized spacial score (nSPS) is 54.9. The summed E-state index contributed by atoms with van der Waals surface area (Å²) in [5, 5.41) is 9.31. The van der Waals surface area contributed by atoms with Gasteiger partial charge < -0.3 is 5.11 Å². The van der Waals surface area contributed by atoms with Crippen LogP contribution in [0.3, 0.4) is 0 Å². The van der Waals surface area contributed by atoms with Crippen molar-refractivity contribution in [3.63, 3.8) is 0 Å². The van der Waals surface area contributed by atoms with Gasteiger partial charge in [0, 0.05) is 0 Å². The second-order valence-corrected chi connectivity index (χ2v) is 6.08. The number of hydrogen-bond acceptors (Lipinski definition) is 1. The summed E-state index contributed by atoms with van der Waals surface area (Å²) >= 11 is 0. The third kappa shape index (κ3) is 0.999. The Morgan fingerprint density at radius 3 is 2.21 bits per heavy atom. The predicted octanol–water partition coefficient (Wildman–Crippen LogP) is 2.53. The van der Waals surface area contributed by atoms with Gasteiger partial charge >= 0.3 is 5.97 Å². The van der Waals surface area contributed by atoms with E-state index in [9.17, 15) is 9.90 Å². The van der Waals surface area contributed by atoms with Crippen molar-refractivity contribution in [3.05, 3.63) is 0 Å². The lowest BCUT2D eigenvalue weighted by Crippen LogP contribution is -2.53. The third-order valence-electron chi connectivity index (χ3n) is 4.94. The van der Waals surface area contributed by atoms with Gasteiger partial charge in [-0.15, -0.1) is 0 Å². The molecule has 0 radical (unpaired) electrons. The lowest BCUT2D eigenvalue weighted by atomic mass is 9.46. The molecule has 4 fully saturated rings. The van der Waals surface area contributed by atoms with Gasteiger partial charge in [0.1, 0.15) is 0 Å². The number of aliphatic carboxylic acids is 1. The van der Waals surface area contributed by atoms with Crippen molar-refractivity contribution in [1.29, 1.82) is 0 Å². The van der Waals surface area contributed by atoms with Crippen molar-refractivity contribution in [2.75, 3.05) is 0 Å². The van der Waals surface area contributed by atoms with E-state index in [4.69, 9.17) is 0 Å². The van der Waals surface area contributed by atoms with Crippen molar-refractivity contribution in [1.82, 2.24) is 0 Å². The average molecular weight is 194 g/mol. The van der Waals surface area contributed by atoms with E-state index >= 15 is 0 Å². The van der Waals surface area contributed by atoms with E-state index in [2.05, 4.69) is 6.92 Å². The molecule has 0 spiro atoms. The number of carbonyl (C=O) groups is 1. The zero-order valence-electron chi connectivity index (χ0n) is 8.70. The molecule has 2 nitrogen and oxygen atoms in total. The number of carboxylic acids is 1. The standard InChI is InChI=1S/C12H18O2/c1-12-5-7-2-8(6-12)4-9(3-7)10(12)11(13)14/h7-10H,2-6H2,1H3,(H,13,14). The van der Waals surface area contributed by atoms with Crippen molar-refractivity contribution < 1.29 is 9.90 Å². The van der Waals surface area contributed by atoms with E-state index < -0.39 is 5.97 Å². The highest BCUT2D eigenvalue weighted by molar-refractivity contribution is 5.72. The molecule has 3 atom stereocenters. The average Bonchev–Trinajstić information content (AvgIpc) is 1.97. The topological polar surface area (TPSA) is 37.3 Å². The molecule has 0 amide bonds. The third-order valence-corrected chi connectivity index (χ3v) is 4.94. The molecule has 4 aliphatic carbocycles. The van der Waals surface area contributed by atoms with Crippen LogP contribution in [0.5, 0.6) is 0 Å². The quantitative estimate of drug-likeness (QED) is 0.696. The first kappa shape index (κ1) is 8.75. The minimum Gasteiger partial charge on any atom is -0.481 e. The Morgan fingerprint density at radius 2 is 1.79 bits per heavy atom. The Labute approximate surface area is 84.7 Å². The maximum atomic E-state index is 11.3. The van der Waals surface area contributed by atoms with Gasteiger partial charge in [0.05, 0.1) is 5.92 Å².